The van der Waals surface area contributed by atoms with Crippen molar-refractivity contribution in [3.8, 4) is 6.07 Å². The van der Waals surface area contributed by atoms with Gasteiger partial charge in [0, 0.05) is 12.1 Å². The van der Waals surface area contributed by atoms with Gasteiger partial charge in [0.2, 0.25) is 11.8 Å². The summed E-state index contributed by atoms with van der Waals surface area (Å²) in [6.45, 7) is -0.0146. The van der Waals surface area contributed by atoms with E-state index in [2.05, 4.69) is 11.4 Å². The molecule has 1 aromatic rings. The van der Waals surface area contributed by atoms with Gasteiger partial charge in [0.15, 0.2) is 0 Å². The van der Waals surface area contributed by atoms with Crippen molar-refractivity contribution in [2.45, 2.75) is 37.6 Å². The van der Waals surface area contributed by atoms with Crippen LogP contribution in [0, 0.1) is 11.3 Å². The Morgan fingerprint density at radius 2 is 2.10 bits per heavy atom. The molecule has 1 aromatic carbocycles. The van der Waals surface area contributed by atoms with E-state index in [0.717, 1.165) is 24.1 Å². The molecule has 5 nitrogen and oxygen atoms in total. The summed E-state index contributed by atoms with van der Waals surface area (Å²) in [4.78, 5) is 25.9. The lowest BCUT2D eigenvalue weighted by molar-refractivity contribution is -0.124. The number of rotatable bonds is 3. The van der Waals surface area contributed by atoms with Gasteiger partial charge in [0.1, 0.15) is 12.1 Å². The molecule has 1 aliphatic heterocycles. The molecule has 21 heavy (non-hydrogen) atoms. The highest BCUT2D eigenvalue weighted by Gasteiger charge is 2.44. The average Bonchev–Trinajstić information content (AvgIpc) is 3.26. The van der Waals surface area contributed by atoms with Crippen molar-refractivity contribution in [2.75, 3.05) is 11.4 Å². The van der Waals surface area contributed by atoms with E-state index in [9.17, 15) is 9.59 Å². The Labute approximate surface area is 123 Å². The smallest absolute Gasteiger partial charge is 0.241 e. The molecule has 0 aromatic heterocycles. The number of aryl methyl sites for hydroxylation is 1. The maximum atomic E-state index is 12.2. The molecule has 5 heteroatoms. The monoisotopic (exact) mass is 283 g/mol. The first-order valence-corrected chi connectivity index (χ1v) is 7.24. The zero-order valence-corrected chi connectivity index (χ0v) is 11.8. The number of nitrogens with one attached hydrogen (secondary N) is 1. The molecule has 0 saturated heterocycles. The van der Waals surface area contributed by atoms with Crippen LogP contribution < -0.4 is 10.2 Å². The van der Waals surface area contributed by atoms with Gasteiger partial charge in [-0.3, -0.25) is 9.59 Å². The van der Waals surface area contributed by atoms with Gasteiger partial charge in [-0.05, 0) is 37.3 Å². The van der Waals surface area contributed by atoms with Crippen LogP contribution in [0.5, 0.6) is 0 Å². The summed E-state index contributed by atoms with van der Waals surface area (Å²) >= 11 is 0. The molecule has 1 N–H and O–H groups in total. The lowest BCUT2D eigenvalue weighted by Gasteiger charge is -2.23. The number of hydrogen-bond acceptors (Lipinski definition) is 3. The summed E-state index contributed by atoms with van der Waals surface area (Å²) in [6.07, 6.45) is 3.49. The zero-order valence-electron chi connectivity index (χ0n) is 11.8. The van der Waals surface area contributed by atoms with E-state index in [-0.39, 0.29) is 18.4 Å². The van der Waals surface area contributed by atoms with Crippen LogP contribution in [0.1, 0.15) is 31.2 Å². The van der Waals surface area contributed by atoms with Crippen LogP contribution in [0.4, 0.5) is 5.69 Å². The third kappa shape index (κ3) is 2.75. The minimum atomic E-state index is -0.689. The van der Waals surface area contributed by atoms with Gasteiger partial charge in [-0.2, -0.15) is 5.26 Å². The third-order valence-electron chi connectivity index (χ3n) is 4.06. The fraction of sp³-hybridized carbons (Fsp3) is 0.438. The minimum absolute atomic E-state index is 0.0146. The Hall–Kier alpha value is -2.35. The quantitative estimate of drug-likeness (QED) is 0.914. The predicted octanol–water partition coefficient (Wildman–Crippen LogP) is 1.53. The van der Waals surface area contributed by atoms with Crippen molar-refractivity contribution < 1.29 is 9.59 Å². The summed E-state index contributed by atoms with van der Waals surface area (Å²) in [7, 11) is 0. The maximum Gasteiger partial charge on any atom is 0.241 e. The van der Waals surface area contributed by atoms with Crippen LogP contribution in [0.2, 0.25) is 0 Å². The second-order valence-electron chi connectivity index (χ2n) is 5.70. The Morgan fingerprint density at radius 3 is 2.81 bits per heavy atom. The van der Waals surface area contributed by atoms with E-state index in [1.165, 1.54) is 0 Å². The van der Waals surface area contributed by atoms with Gasteiger partial charge in [-0.1, -0.05) is 18.2 Å². The van der Waals surface area contributed by atoms with Gasteiger partial charge < -0.3 is 10.2 Å². The fourth-order valence-electron chi connectivity index (χ4n) is 2.70. The van der Waals surface area contributed by atoms with Gasteiger partial charge in [0.25, 0.3) is 0 Å². The van der Waals surface area contributed by atoms with Crippen molar-refractivity contribution in [3.63, 3.8) is 0 Å². The second-order valence-corrected chi connectivity index (χ2v) is 5.70. The molecule has 0 bridgehead atoms. The number of carbonyl (C=O) groups is 2. The number of fused-ring (bicyclic) bond motifs is 1. The molecule has 1 fully saturated rings. The second kappa shape index (κ2) is 5.21. The van der Waals surface area contributed by atoms with Gasteiger partial charge in [-0.25, -0.2) is 0 Å². The van der Waals surface area contributed by atoms with Crippen LogP contribution >= 0.6 is 0 Å². The van der Waals surface area contributed by atoms with Crippen molar-refractivity contribution in [3.05, 3.63) is 29.8 Å². The SMILES string of the molecule is N#CC1(NC(=O)CN2C(=O)CCCc3ccccc32)CC1. The average molecular weight is 283 g/mol. The Bertz CT molecular complexity index is 629. The van der Waals surface area contributed by atoms with E-state index >= 15 is 0 Å². The molecular weight excluding hydrogens is 266 g/mol. The molecule has 0 radical (unpaired) electrons. The van der Waals surface area contributed by atoms with Crippen molar-refractivity contribution in [2.24, 2.45) is 0 Å². The first kappa shape index (κ1) is 13.6. The fourth-order valence-corrected chi connectivity index (χ4v) is 2.70. The van der Waals surface area contributed by atoms with E-state index < -0.39 is 5.54 Å². The molecule has 1 aliphatic carbocycles. The highest BCUT2D eigenvalue weighted by Crippen LogP contribution is 2.34. The van der Waals surface area contributed by atoms with Crippen molar-refractivity contribution >= 4 is 17.5 Å². The summed E-state index contributed by atoms with van der Waals surface area (Å²) in [5.74, 6) is -0.295. The molecule has 1 saturated carbocycles. The molecule has 108 valence electrons. The van der Waals surface area contributed by atoms with Crippen LogP contribution in [0.3, 0.4) is 0 Å². The minimum Gasteiger partial charge on any atom is -0.336 e. The number of nitrogens with zero attached hydrogens (tertiary/aromatic N) is 2. The Kier molecular flexibility index (Phi) is 3.38. The molecule has 0 atom stereocenters. The summed E-state index contributed by atoms with van der Waals surface area (Å²) in [6, 6.07) is 9.82. The molecular formula is C16H17N3O2. The first-order chi connectivity index (χ1) is 10.1. The Balaban J connectivity index is 1.78. The number of amides is 2. The Morgan fingerprint density at radius 1 is 1.33 bits per heavy atom. The van der Waals surface area contributed by atoms with Gasteiger partial charge in [-0.15, -0.1) is 0 Å². The third-order valence-corrected chi connectivity index (χ3v) is 4.06. The van der Waals surface area contributed by atoms with Gasteiger partial charge >= 0.3 is 0 Å². The number of carbonyl (C=O) groups excluding carboxylic acids is 2. The van der Waals surface area contributed by atoms with Crippen LogP contribution in [0.15, 0.2) is 24.3 Å². The van der Waals surface area contributed by atoms with Crippen LogP contribution in [-0.4, -0.2) is 23.9 Å². The van der Waals surface area contributed by atoms with E-state index in [1.807, 2.05) is 24.3 Å². The van der Waals surface area contributed by atoms with Crippen LogP contribution in [-0.2, 0) is 16.0 Å². The number of para-hydroxylation sites is 1. The van der Waals surface area contributed by atoms with E-state index in [4.69, 9.17) is 5.26 Å². The molecule has 2 amide bonds. The molecule has 1 heterocycles. The number of hydrogen-bond donors (Lipinski definition) is 1. The van der Waals surface area contributed by atoms with Crippen molar-refractivity contribution in [1.82, 2.24) is 5.32 Å². The summed E-state index contributed by atoms with van der Waals surface area (Å²) < 4.78 is 0. The largest absolute Gasteiger partial charge is 0.336 e. The maximum absolute atomic E-state index is 12.2. The highest BCUT2D eigenvalue weighted by molar-refractivity contribution is 6.00. The first-order valence-electron chi connectivity index (χ1n) is 7.24. The molecule has 2 aliphatic rings. The molecule has 0 spiro atoms. The number of nitriles is 1. The van der Waals surface area contributed by atoms with Gasteiger partial charge in [0.05, 0.1) is 6.07 Å². The highest BCUT2D eigenvalue weighted by atomic mass is 16.2. The van der Waals surface area contributed by atoms with E-state index in [0.29, 0.717) is 19.3 Å². The number of benzene rings is 1. The van der Waals surface area contributed by atoms with Crippen molar-refractivity contribution in [1.29, 1.82) is 5.26 Å². The lowest BCUT2D eigenvalue weighted by atomic mass is 10.1. The molecule has 3 rings (SSSR count). The normalized spacial score (nSPS) is 19.2. The topological polar surface area (TPSA) is 73.2 Å². The predicted molar refractivity (Wildman–Crippen MR) is 77.5 cm³/mol. The lowest BCUT2D eigenvalue weighted by Crippen LogP contribution is -2.44. The zero-order chi connectivity index (χ0) is 14.9. The molecule has 0 unspecified atom stereocenters. The standard InChI is InChI=1S/C16H17N3O2/c17-11-16(8-9-16)18-14(20)10-19-13-6-2-1-4-12(13)5-3-7-15(19)21/h1-2,4,6H,3,5,7-10H2,(H,18,20). The van der Waals surface area contributed by atoms with E-state index in [1.54, 1.807) is 4.90 Å². The summed E-state index contributed by atoms with van der Waals surface area (Å²) in [5, 5.41) is 11.8. The number of anilines is 1. The van der Waals surface area contributed by atoms with Crippen LogP contribution in [0.25, 0.3) is 0 Å². The summed E-state index contributed by atoms with van der Waals surface area (Å²) in [5.41, 5.74) is 1.22.